The van der Waals surface area contributed by atoms with Crippen molar-refractivity contribution < 1.29 is 9.26 Å². The summed E-state index contributed by atoms with van der Waals surface area (Å²) in [5, 5.41) is 4.57. The lowest BCUT2D eigenvalue weighted by molar-refractivity contribution is 0.241. The summed E-state index contributed by atoms with van der Waals surface area (Å²) in [4.78, 5) is 4.30. The second-order valence-corrected chi connectivity index (χ2v) is 5.84. The van der Waals surface area contributed by atoms with Crippen LogP contribution in [0.1, 0.15) is 5.89 Å². The zero-order valence-electron chi connectivity index (χ0n) is 10.8. The number of aromatic nitrogens is 2. The maximum atomic E-state index is 5.95. The first-order chi connectivity index (χ1) is 10.2. The Kier molecular flexibility index (Phi) is 4.40. The van der Waals surface area contributed by atoms with Gasteiger partial charge in [0.05, 0.1) is 3.57 Å². The Bertz CT molecular complexity index is 761. The van der Waals surface area contributed by atoms with E-state index >= 15 is 0 Å². The van der Waals surface area contributed by atoms with Gasteiger partial charge < -0.3 is 9.26 Å². The van der Waals surface area contributed by atoms with E-state index in [-0.39, 0.29) is 6.61 Å². The van der Waals surface area contributed by atoms with Gasteiger partial charge in [-0.25, -0.2) is 0 Å². The van der Waals surface area contributed by atoms with Gasteiger partial charge in [0.2, 0.25) is 5.82 Å². The first kappa shape index (κ1) is 14.3. The molecule has 0 aliphatic carbocycles. The Morgan fingerprint density at radius 3 is 2.81 bits per heavy atom. The van der Waals surface area contributed by atoms with Crippen molar-refractivity contribution in [3.05, 3.63) is 63.0 Å². The van der Waals surface area contributed by atoms with E-state index in [9.17, 15) is 0 Å². The van der Waals surface area contributed by atoms with E-state index in [1.54, 1.807) is 12.1 Å². The molecular weight excluding hydrogens is 403 g/mol. The zero-order chi connectivity index (χ0) is 14.7. The van der Waals surface area contributed by atoms with Crippen LogP contribution in [0.25, 0.3) is 11.4 Å². The zero-order valence-corrected chi connectivity index (χ0v) is 13.7. The molecule has 0 fully saturated rings. The fourth-order valence-electron chi connectivity index (χ4n) is 1.76. The Morgan fingerprint density at radius 2 is 2.00 bits per heavy atom. The minimum absolute atomic E-state index is 0.230. The molecular formula is C15H10ClIN2O2. The highest BCUT2D eigenvalue weighted by Gasteiger charge is 2.10. The van der Waals surface area contributed by atoms with Crippen molar-refractivity contribution in [1.82, 2.24) is 10.1 Å². The fourth-order valence-corrected chi connectivity index (χ4v) is 2.49. The minimum Gasteiger partial charge on any atom is -0.483 e. The molecule has 0 unspecified atom stereocenters. The summed E-state index contributed by atoms with van der Waals surface area (Å²) in [5.74, 6) is 1.71. The second-order valence-electron chi connectivity index (χ2n) is 4.24. The third-order valence-corrected chi connectivity index (χ3v) is 3.86. The monoisotopic (exact) mass is 412 g/mol. The Morgan fingerprint density at radius 1 is 1.14 bits per heavy atom. The molecule has 1 aromatic heterocycles. The van der Waals surface area contributed by atoms with Crippen molar-refractivity contribution in [3.63, 3.8) is 0 Å². The van der Waals surface area contributed by atoms with E-state index in [4.69, 9.17) is 20.9 Å². The van der Waals surface area contributed by atoms with Gasteiger partial charge in [-0.15, -0.1) is 0 Å². The van der Waals surface area contributed by atoms with Crippen LogP contribution < -0.4 is 4.74 Å². The van der Waals surface area contributed by atoms with Gasteiger partial charge in [0.25, 0.3) is 5.89 Å². The van der Waals surface area contributed by atoms with Crippen LogP contribution in [0.5, 0.6) is 5.75 Å². The number of benzene rings is 2. The van der Waals surface area contributed by atoms with Gasteiger partial charge in [-0.2, -0.15) is 4.98 Å². The molecule has 21 heavy (non-hydrogen) atoms. The molecule has 0 amide bonds. The van der Waals surface area contributed by atoms with Gasteiger partial charge in [-0.3, -0.25) is 0 Å². The molecule has 0 radical (unpaired) electrons. The van der Waals surface area contributed by atoms with Crippen molar-refractivity contribution in [2.45, 2.75) is 6.61 Å². The fraction of sp³-hybridized carbons (Fsp3) is 0.0667. The quantitative estimate of drug-likeness (QED) is 0.589. The molecule has 3 aromatic rings. The van der Waals surface area contributed by atoms with Crippen molar-refractivity contribution in [2.75, 3.05) is 0 Å². The average molecular weight is 413 g/mol. The topological polar surface area (TPSA) is 48.2 Å². The van der Waals surface area contributed by atoms with Gasteiger partial charge in [-0.1, -0.05) is 41.0 Å². The maximum absolute atomic E-state index is 5.95. The van der Waals surface area contributed by atoms with Gasteiger partial charge in [0.15, 0.2) is 6.61 Å². The second kappa shape index (κ2) is 6.44. The molecule has 0 saturated heterocycles. The van der Waals surface area contributed by atoms with Crippen LogP contribution >= 0.6 is 34.2 Å². The Balaban J connectivity index is 1.72. The lowest BCUT2D eigenvalue weighted by Gasteiger charge is -2.04. The first-order valence-electron chi connectivity index (χ1n) is 6.18. The summed E-state index contributed by atoms with van der Waals surface area (Å²) in [7, 11) is 0. The molecule has 4 nitrogen and oxygen atoms in total. The third-order valence-electron chi connectivity index (χ3n) is 2.74. The number of hydrogen-bond donors (Lipinski definition) is 0. The van der Waals surface area contributed by atoms with Crippen molar-refractivity contribution in [2.24, 2.45) is 0 Å². The van der Waals surface area contributed by atoms with E-state index in [0.717, 1.165) is 14.9 Å². The van der Waals surface area contributed by atoms with Crippen LogP contribution in [-0.2, 0) is 6.61 Å². The normalized spacial score (nSPS) is 10.6. The maximum Gasteiger partial charge on any atom is 0.264 e. The highest BCUT2D eigenvalue weighted by Crippen LogP contribution is 2.22. The predicted octanol–water partition coefficient (Wildman–Crippen LogP) is 4.57. The van der Waals surface area contributed by atoms with E-state index in [1.165, 1.54) is 0 Å². The van der Waals surface area contributed by atoms with E-state index in [2.05, 4.69) is 32.7 Å². The average Bonchev–Trinajstić information content (AvgIpc) is 2.95. The highest BCUT2D eigenvalue weighted by atomic mass is 127. The van der Waals surface area contributed by atoms with Crippen LogP contribution in [0.2, 0.25) is 5.02 Å². The Labute approximate surface area is 140 Å². The SMILES string of the molecule is Clc1cccc(-c2noc(COc3ccccc3I)n2)c1. The van der Waals surface area contributed by atoms with E-state index in [0.29, 0.717) is 16.7 Å². The molecule has 6 heteroatoms. The molecule has 3 rings (SSSR count). The molecule has 0 spiro atoms. The molecule has 0 saturated carbocycles. The number of para-hydroxylation sites is 1. The van der Waals surface area contributed by atoms with Crippen LogP contribution in [0.3, 0.4) is 0 Å². The number of ether oxygens (including phenoxy) is 1. The van der Waals surface area contributed by atoms with Crippen molar-refractivity contribution in [1.29, 1.82) is 0 Å². The van der Waals surface area contributed by atoms with Gasteiger partial charge in [-0.05, 0) is 46.9 Å². The summed E-state index contributed by atoms with van der Waals surface area (Å²) in [6, 6.07) is 15.1. The number of halogens is 2. The number of hydrogen-bond acceptors (Lipinski definition) is 4. The largest absolute Gasteiger partial charge is 0.483 e. The van der Waals surface area contributed by atoms with Gasteiger partial charge >= 0.3 is 0 Å². The molecule has 2 aromatic carbocycles. The highest BCUT2D eigenvalue weighted by molar-refractivity contribution is 14.1. The summed E-state index contributed by atoms with van der Waals surface area (Å²) in [5.41, 5.74) is 0.812. The molecule has 0 N–H and O–H groups in total. The first-order valence-corrected chi connectivity index (χ1v) is 7.64. The molecule has 0 aliphatic heterocycles. The van der Waals surface area contributed by atoms with Crippen LogP contribution in [0.15, 0.2) is 53.1 Å². The van der Waals surface area contributed by atoms with Crippen molar-refractivity contribution in [3.8, 4) is 17.1 Å². The van der Waals surface area contributed by atoms with E-state index in [1.807, 2.05) is 36.4 Å². The van der Waals surface area contributed by atoms with Crippen LogP contribution in [-0.4, -0.2) is 10.1 Å². The molecule has 0 aliphatic rings. The van der Waals surface area contributed by atoms with Crippen LogP contribution in [0.4, 0.5) is 0 Å². The van der Waals surface area contributed by atoms with Gasteiger partial charge in [0, 0.05) is 10.6 Å². The molecule has 0 atom stereocenters. The van der Waals surface area contributed by atoms with Crippen LogP contribution in [0, 0.1) is 3.57 Å². The molecule has 106 valence electrons. The van der Waals surface area contributed by atoms with E-state index < -0.39 is 0 Å². The lowest BCUT2D eigenvalue weighted by atomic mass is 10.2. The smallest absolute Gasteiger partial charge is 0.264 e. The summed E-state index contributed by atoms with van der Waals surface area (Å²) < 4.78 is 11.9. The third kappa shape index (κ3) is 3.54. The Hall–Kier alpha value is -1.60. The number of nitrogens with zero attached hydrogens (tertiary/aromatic N) is 2. The van der Waals surface area contributed by atoms with Crippen molar-refractivity contribution >= 4 is 34.2 Å². The summed E-state index contributed by atoms with van der Waals surface area (Å²) in [6.07, 6.45) is 0. The molecule has 1 heterocycles. The lowest BCUT2D eigenvalue weighted by Crippen LogP contribution is -1.97. The minimum atomic E-state index is 0.230. The standard InChI is InChI=1S/C15H10ClIN2O2/c16-11-5-3-4-10(8-11)15-18-14(21-19-15)9-20-13-7-2-1-6-12(13)17/h1-8H,9H2. The number of rotatable bonds is 4. The summed E-state index contributed by atoms with van der Waals surface area (Å²) in [6.45, 7) is 0.230. The summed E-state index contributed by atoms with van der Waals surface area (Å²) >= 11 is 8.16. The van der Waals surface area contributed by atoms with Gasteiger partial charge in [0.1, 0.15) is 5.75 Å². The predicted molar refractivity (Wildman–Crippen MR) is 88.2 cm³/mol. The molecule has 0 bridgehead atoms.